The van der Waals surface area contributed by atoms with Crippen LogP contribution < -0.4 is 4.90 Å². The fraction of sp³-hybridized carbons (Fsp3) is 0.417. The number of anilines is 1. The molecule has 1 aliphatic rings. The van der Waals surface area contributed by atoms with Crippen LogP contribution in [0.1, 0.15) is 54.1 Å². The van der Waals surface area contributed by atoms with Gasteiger partial charge in [0.15, 0.2) is 0 Å². The molecule has 2 aromatic carbocycles. The first-order chi connectivity index (χ1) is 16.7. The van der Waals surface area contributed by atoms with Crippen molar-refractivity contribution in [3.63, 3.8) is 0 Å². The first-order valence-electron chi connectivity index (χ1n) is 10.9. The number of carbonyl (C=O) groups is 2. The second kappa shape index (κ2) is 9.90. The third-order valence-corrected chi connectivity index (χ3v) is 6.12. The number of benzene rings is 2. The quantitative estimate of drug-likeness (QED) is 0.449. The Morgan fingerprint density at radius 1 is 1.03 bits per heavy atom. The van der Waals surface area contributed by atoms with Crippen LogP contribution >= 0.6 is 0 Å². The largest absolute Gasteiger partial charge is 0.465 e. The van der Waals surface area contributed by atoms with Gasteiger partial charge < -0.3 is 9.84 Å². The minimum Gasteiger partial charge on any atom is -0.465 e. The van der Waals surface area contributed by atoms with E-state index in [1.165, 1.54) is 0 Å². The van der Waals surface area contributed by atoms with E-state index in [2.05, 4.69) is 0 Å². The molecule has 2 atom stereocenters. The Bertz CT molecular complexity index is 1120. The van der Waals surface area contributed by atoms with Gasteiger partial charge in [-0.3, -0.25) is 9.80 Å². The van der Waals surface area contributed by atoms with Crippen molar-refractivity contribution >= 4 is 17.9 Å². The summed E-state index contributed by atoms with van der Waals surface area (Å²) in [5, 5.41) is 9.72. The number of hydrogen-bond acceptors (Lipinski definition) is 3. The lowest BCUT2D eigenvalue weighted by Crippen LogP contribution is -2.47. The molecule has 196 valence electrons. The molecular formula is C24H24F6N2O4. The second-order valence-corrected chi connectivity index (χ2v) is 8.51. The topological polar surface area (TPSA) is 70.1 Å². The summed E-state index contributed by atoms with van der Waals surface area (Å²) in [5.74, 6) is 0. The normalized spacial score (nSPS) is 18.0. The number of carboxylic acid groups (broad SMARTS) is 1. The summed E-state index contributed by atoms with van der Waals surface area (Å²) in [5.41, 5.74) is -1.91. The van der Waals surface area contributed by atoms with Crippen molar-refractivity contribution < 1.29 is 45.8 Å². The zero-order valence-corrected chi connectivity index (χ0v) is 19.6. The van der Waals surface area contributed by atoms with Gasteiger partial charge in [-0.1, -0.05) is 19.1 Å². The van der Waals surface area contributed by atoms with Crippen LogP contribution in [0.25, 0.3) is 0 Å². The highest BCUT2D eigenvalue weighted by molar-refractivity contribution is 5.89. The highest BCUT2D eigenvalue weighted by Gasteiger charge is 2.40. The molecule has 1 aliphatic heterocycles. The number of nitrogens with zero attached hydrogens (tertiary/aromatic N) is 2. The molecule has 0 unspecified atom stereocenters. The first-order valence-corrected chi connectivity index (χ1v) is 10.9. The van der Waals surface area contributed by atoms with Crippen molar-refractivity contribution in [2.45, 2.75) is 57.7 Å². The standard InChI is InChI=1S/C24H24F6N2O4/c1-4-14-5-6-19-18(10-14)20(7-13(2)32(19)21(33)34)31(22(35)36-3)12-15-8-16(23(25,26)27)11-17(9-15)24(28,29)30/h5-6,8-11,13,20H,4,7,12H2,1-3H3,(H,33,34)/t13-,20+/m1/s1. The Labute approximate surface area is 203 Å². The van der Waals surface area contributed by atoms with E-state index in [0.717, 1.165) is 22.5 Å². The molecule has 36 heavy (non-hydrogen) atoms. The van der Waals surface area contributed by atoms with Gasteiger partial charge >= 0.3 is 24.5 Å². The average molecular weight is 518 g/mol. The SMILES string of the molecule is CCc1ccc2c(c1)[C@@H](N(Cc1cc(C(F)(F)F)cc(C(F)(F)F)c1)C(=O)OC)C[C@@H](C)N2C(=O)O. The highest BCUT2D eigenvalue weighted by Crippen LogP contribution is 2.43. The van der Waals surface area contributed by atoms with Crippen LogP contribution in [0.15, 0.2) is 36.4 Å². The van der Waals surface area contributed by atoms with E-state index in [1.54, 1.807) is 25.1 Å². The molecular weight excluding hydrogens is 494 g/mol. The number of carbonyl (C=O) groups excluding carboxylic acids is 1. The molecule has 0 saturated carbocycles. The second-order valence-electron chi connectivity index (χ2n) is 8.51. The van der Waals surface area contributed by atoms with Crippen molar-refractivity contribution in [1.29, 1.82) is 0 Å². The van der Waals surface area contributed by atoms with Crippen LogP contribution in [-0.4, -0.2) is 35.3 Å². The predicted octanol–water partition coefficient (Wildman–Crippen LogP) is 6.87. The lowest BCUT2D eigenvalue weighted by atomic mass is 9.89. The minimum absolute atomic E-state index is 0.0161. The van der Waals surface area contributed by atoms with Crippen LogP contribution in [0.2, 0.25) is 0 Å². The van der Waals surface area contributed by atoms with E-state index in [9.17, 15) is 41.0 Å². The van der Waals surface area contributed by atoms with Crippen molar-refractivity contribution in [1.82, 2.24) is 4.90 Å². The first kappa shape index (κ1) is 27.2. The van der Waals surface area contributed by atoms with E-state index < -0.39 is 59.9 Å². The molecule has 1 heterocycles. The maximum atomic E-state index is 13.4. The highest BCUT2D eigenvalue weighted by atomic mass is 19.4. The van der Waals surface area contributed by atoms with Gasteiger partial charge in [0.25, 0.3) is 0 Å². The Kier molecular flexibility index (Phi) is 7.47. The number of amides is 2. The smallest absolute Gasteiger partial charge is 0.416 e. The number of rotatable bonds is 4. The van der Waals surface area contributed by atoms with E-state index in [0.29, 0.717) is 24.1 Å². The third kappa shape index (κ3) is 5.52. The van der Waals surface area contributed by atoms with Crippen LogP contribution in [0.3, 0.4) is 0 Å². The fourth-order valence-corrected chi connectivity index (χ4v) is 4.42. The average Bonchev–Trinajstić information content (AvgIpc) is 2.79. The van der Waals surface area contributed by atoms with Gasteiger partial charge in [-0.15, -0.1) is 0 Å². The lowest BCUT2D eigenvalue weighted by molar-refractivity contribution is -0.143. The summed E-state index contributed by atoms with van der Waals surface area (Å²) >= 11 is 0. The Morgan fingerprint density at radius 2 is 1.61 bits per heavy atom. The van der Waals surface area contributed by atoms with Gasteiger partial charge in [0.05, 0.1) is 30.0 Å². The van der Waals surface area contributed by atoms with Gasteiger partial charge in [0, 0.05) is 12.6 Å². The Morgan fingerprint density at radius 3 is 2.08 bits per heavy atom. The van der Waals surface area contributed by atoms with Crippen molar-refractivity contribution in [3.8, 4) is 0 Å². The summed E-state index contributed by atoms with van der Waals surface area (Å²) in [4.78, 5) is 26.9. The molecule has 0 saturated heterocycles. The molecule has 6 nitrogen and oxygen atoms in total. The third-order valence-electron chi connectivity index (χ3n) is 6.12. The van der Waals surface area contributed by atoms with Crippen molar-refractivity contribution in [2.75, 3.05) is 12.0 Å². The van der Waals surface area contributed by atoms with Gasteiger partial charge in [-0.05, 0) is 60.7 Å². The number of halogens is 6. The minimum atomic E-state index is -5.05. The number of fused-ring (bicyclic) bond motifs is 1. The van der Waals surface area contributed by atoms with Crippen LogP contribution in [0.4, 0.5) is 41.6 Å². The van der Waals surface area contributed by atoms with Crippen molar-refractivity contribution in [2.24, 2.45) is 0 Å². The summed E-state index contributed by atoms with van der Waals surface area (Å²) in [7, 11) is 1.04. The molecule has 0 fully saturated rings. The summed E-state index contributed by atoms with van der Waals surface area (Å²) in [6, 6.07) is 4.60. The number of aryl methyl sites for hydroxylation is 1. The molecule has 0 bridgehead atoms. The lowest BCUT2D eigenvalue weighted by Gasteiger charge is -2.42. The van der Waals surface area contributed by atoms with Crippen LogP contribution in [0, 0.1) is 0 Å². The number of hydrogen-bond donors (Lipinski definition) is 1. The molecule has 0 aliphatic carbocycles. The summed E-state index contributed by atoms with van der Waals surface area (Å²) < 4.78 is 85.0. The maximum absolute atomic E-state index is 13.4. The Balaban J connectivity index is 2.15. The van der Waals surface area contributed by atoms with Gasteiger partial charge in [0.2, 0.25) is 0 Å². The molecule has 2 aromatic rings. The molecule has 2 amide bonds. The molecule has 3 rings (SSSR count). The molecule has 0 radical (unpaired) electrons. The zero-order valence-electron chi connectivity index (χ0n) is 19.6. The molecule has 0 aromatic heterocycles. The maximum Gasteiger partial charge on any atom is 0.416 e. The van der Waals surface area contributed by atoms with E-state index in [1.807, 2.05) is 6.92 Å². The molecule has 12 heteroatoms. The van der Waals surface area contributed by atoms with Crippen LogP contribution in [-0.2, 0) is 30.1 Å². The monoisotopic (exact) mass is 518 g/mol. The van der Waals surface area contributed by atoms with Gasteiger partial charge in [-0.25, -0.2) is 9.59 Å². The number of alkyl halides is 6. The summed E-state index contributed by atoms with van der Waals surface area (Å²) in [6.07, 6.45) is -11.7. The zero-order chi connectivity index (χ0) is 27.0. The Hall–Kier alpha value is -3.44. The summed E-state index contributed by atoms with van der Waals surface area (Å²) in [6.45, 7) is 2.83. The number of methoxy groups -OCH3 is 1. The molecule has 1 N–H and O–H groups in total. The van der Waals surface area contributed by atoms with Gasteiger partial charge in [0.1, 0.15) is 0 Å². The van der Waals surface area contributed by atoms with E-state index in [4.69, 9.17) is 4.74 Å². The molecule has 0 spiro atoms. The fourth-order valence-electron chi connectivity index (χ4n) is 4.42. The number of ether oxygens (including phenoxy) is 1. The van der Waals surface area contributed by atoms with Crippen LogP contribution in [0.5, 0.6) is 0 Å². The van der Waals surface area contributed by atoms with E-state index in [-0.39, 0.29) is 18.2 Å². The predicted molar refractivity (Wildman–Crippen MR) is 118 cm³/mol. The van der Waals surface area contributed by atoms with Gasteiger partial charge in [-0.2, -0.15) is 26.3 Å². The van der Waals surface area contributed by atoms with Crippen molar-refractivity contribution in [3.05, 3.63) is 64.2 Å². The van der Waals surface area contributed by atoms with E-state index >= 15 is 0 Å².